The zero-order valence-electron chi connectivity index (χ0n) is 46.8. The number of rotatable bonds is 23. The van der Waals surface area contributed by atoms with Crippen LogP contribution in [0.3, 0.4) is 0 Å². The second-order valence-electron chi connectivity index (χ2n) is 22.2. The normalized spacial score (nSPS) is 31.2. The summed E-state index contributed by atoms with van der Waals surface area (Å²) in [4.78, 5) is 13.4. The highest BCUT2D eigenvalue weighted by Crippen LogP contribution is 2.45. The molecule has 0 amide bonds. The van der Waals surface area contributed by atoms with E-state index in [4.69, 9.17) is 61.6 Å². The van der Waals surface area contributed by atoms with Crippen LogP contribution in [0.15, 0.2) is 206 Å². The van der Waals surface area contributed by atoms with Crippen LogP contribution < -0.4 is 0 Å². The van der Waals surface area contributed by atoms with Crippen molar-refractivity contribution in [2.45, 2.75) is 171 Å². The molecular weight excluding hydrogens is 1040 g/mol. The summed E-state index contributed by atoms with van der Waals surface area (Å²) in [5, 5.41) is 0. The van der Waals surface area contributed by atoms with Crippen molar-refractivity contribution in [2.24, 2.45) is 0 Å². The van der Waals surface area contributed by atoms with Crippen LogP contribution in [0.25, 0.3) is 0 Å². The second-order valence-corrected chi connectivity index (χ2v) is 22.2. The zero-order chi connectivity index (χ0) is 56.3. The summed E-state index contributed by atoms with van der Waals surface area (Å²) in [6.07, 6.45) is -2.55. The predicted octanol–water partition coefficient (Wildman–Crippen LogP) is 10.7. The second kappa shape index (κ2) is 27.1. The molecule has 0 aromatic heterocycles. The summed E-state index contributed by atoms with van der Waals surface area (Å²) < 4.78 is 88.6. The lowest BCUT2D eigenvalue weighted by atomic mass is 9.90. The minimum absolute atomic E-state index is 0.212. The summed E-state index contributed by atoms with van der Waals surface area (Å²) in [6.45, 7) is 8.89. The molecule has 5 heterocycles. The fraction of sp³-hybridized carbons (Fsp3) is 0.397. The lowest BCUT2D eigenvalue weighted by Crippen LogP contribution is -2.60. The van der Waals surface area contributed by atoms with E-state index in [-0.39, 0.29) is 39.6 Å². The monoisotopic (exact) mass is 1110 g/mol. The molecule has 0 bridgehead atoms. The molecule has 430 valence electrons. The first-order valence-corrected chi connectivity index (χ1v) is 28.5. The number of carbonyl (C=O) groups is 1. The Kier molecular flexibility index (Phi) is 19.1. The fourth-order valence-corrected chi connectivity index (χ4v) is 11.3. The van der Waals surface area contributed by atoms with E-state index in [1.807, 2.05) is 234 Å². The number of benzene rings is 6. The Morgan fingerprint density at radius 3 is 0.927 bits per heavy atom. The Labute approximate surface area is 481 Å². The van der Waals surface area contributed by atoms with E-state index >= 15 is 0 Å². The number of ether oxygens (including phenoxy) is 13. The molecule has 5 saturated heterocycles. The Balaban J connectivity index is 0.982. The van der Waals surface area contributed by atoms with Crippen LogP contribution in [0, 0.1) is 0 Å². The van der Waals surface area contributed by atoms with Crippen LogP contribution >= 0.6 is 0 Å². The molecule has 82 heavy (non-hydrogen) atoms. The van der Waals surface area contributed by atoms with Crippen molar-refractivity contribution >= 4 is 6.29 Å². The van der Waals surface area contributed by atoms with Gasteiger partial charge in [-0.1, -0.05) is 206 Å². The average Bonchev–Trinajstić information content (AvgIpc) is 3.54. The van der Waals surface area contributed by atoms with Crippen molar-refractivity contribution in [3.05, 3.63) is 240 Å². The van der Waals surface area contributed by atoms with E-state index < -0.39 is 103 Å². The van der Waals surface area contributed by atoms with Crippen molar-refractivity contribution in [3.63, 3.8) is 0 Å². The van der Waals surface area contributed by atoms with E-state index in [0.717, 1.165) is 39.7 Å². The van der Waals surface area contributed by atoms with Gasteiger partial charge in [0.05, 0.1) is 39.6 Å². The standard InChI is InChI=1S/C68H74O14/c1-67(2)79-61-55(78-66-65(64(61)80-67)81-68(3,4)82-66)38-37-53-58(71-41-47-25-13-6-14-26-47)62(74-44-50-31-19-9-20-32-50)57(70-40-46-23-11-5-12-24-46)52(76-53)35-36-54-59(72-42-48-27-15-7-16-28-48)63(75-45-51-33-21-10-22-34-51)60(56(39-69)77-54)73-43-49-29-17-8-18-30-49/h5-39,52-66H,40-45H2,1-4H3/t52-,53+,54+,55-,56-,57+,58+,59+,60+,61+,62+,63-,64+,65-,66-/m1/s1. The lowest BCUT2D eigenvalue weighted by Gasteiger charge is -2.46. The third-order valence-electron chi connectivity index (χ3n) is 15.2. The van der Waals surface area contributed by atoms with Gasteiger partial charge >= 0.3 is 0 Å². The molecule has 6 aromatic carbocycles. The molecule has 0 radical (unpaired) electrons. The van der Waals surface area contributed by atoms with Gasteiger partial charge in [-0.3, -0.25) is 0 Å². The minimum atomic E-state index is -1.05. The average molecular weight is 1120 g/mol. The molecule has 11 rings (SSSR count). The van der Waals surface area contributed by atoms with Gasteiger partial charge in [-0.2, -0.15) is 0 Å². The van der Waals surface area contributed by atoms with Crippen LogP contribution in [-0.2, 0) is 106 Å². The molecule has 0 N–H and O–H groups in total. The minimum Gasteiger partial charge on any atom is -0.368 e. The molecule has 0 unspecified atom stereocenters. The number of hydrogen-bond donors (Lipinski definition) is 0. The molecule has 15 atom stereocenters. The van der Waals surface area contributed by atoms with Gasteiger partial charge in [0.2, 0.25) is 0 Å². The van der Waals surface area contributed by atoms with Gasteiger partial charge in [0.15, 0.2) is 24.2 Å². The maximum atomic E-state index is 13.4. The smallest absolute Gasteiger partial charge is 0.190 e. The molecule has 0 saturated carbocycles. The quantitative estimate of drug-likeness (QED) is 0.0444. The molecule has 14 nitrogen and oxygen atoms in total. The maximum absolute atomic E-state index is 13.4. The van der Waals surface area contributed by atoms with Gasteiger partial charge in [0.25, 0.3) is 0 Å². The number of fused-ring (bicyclic) bond motifs is 3. The largest absolute Gasteiger partial charge is 0.368 e. The SMILES string of the molecule is CC1(C)O[C@H]2[C@@H](O1)[C@@H](C=C[C@@H]1O[C@H](C=C[C@@H]3O[C@H](C=O)[C@H](OCc4ccccc4)[C@H](OCc4ccccc4)[C@H]3OCc3ccccc3)[C@H](OCc3ccccc3)[C@H](OCc3ccccc3)[C@H]1OCc1ccccc1)O[C@@H]1OC(C)(C)O[C@@H]12. The molecule has 0 spiro atoms. The third-order valence-corrected chi connectivity index (χ3v) is 15.2. The molecule has 6 aromatic rings. The first kappa shape index (κ1) is 57.8. The van der Waals surface area contributed by atoms with Crippen LogP contribution in [0.1, 0.15) is 61.1 Å². The van der Waals surface area contributed by atoms with E-state index in [1.54, 1.807) is 0 Å². The number of hydrogen-bond acceptors (Lipinski definition) is 14. The Morgan fingerprint density at radius 2 is 0.585 bits per heavy atom. The van der Waals surface area contributed by atoms with Gasteiger partial charge < -0.3 is 66.4 Å². The maximum Gasteiger partial charge on any atom is 0.190 e. The number of aldehydes is 1. The summed E-state index contributed by atoms with van der Waals surface area (Å²) in [6, 6.07) is 59.7. The Morgan fingerprint density at radius 1 is 0.317 bits per heavy atom. The first-order valence-electron chi connectivity index (χ1n) is 28.5. The van der Waals surface area contributed by atoms with Crippen LogP contribution in [0.5, 0.6) is 0 Å². The lowest BCUT2D eigenvalue weighted by molar-refractivity contribution is -0.250. The molecule has 5 aliphatic heterocycles. The van der Waals surface area contributed by atoms with Gasteiger partial charge in [0, 0.05) is 0 Å². The summed E-state index contributed by atoms with van der Waals surface area (Å²) in [5.41, 5.74) is 5.72. The predicted molar refractivity (Wildman–Crippen MR) is 304 cm³/mol. The van der Waals surface area contributed by atoms with E-state index in [0.29, 0.717) is 0 Å². The molecule has 5 fully saturated rings. The highest BCUT2D eigenvalue weighted by molar-refractivity contribution is 5.58. The van der Waals surface area contributed by atoms with E-state index in [9.17, 15) is 4.79 Å². The van der Waals surface area contributed by atoms with Gasteiger partial charge in [-0.05, 0) is 61.1 Å². The summed E-state index contributed by atoms with van der Waals surface area (Å²) in [5.74, 6) is -1.82. The third kappa shape index (κ3) is 14.6. The van der Waals surface area contributed by atoms with Crippen molar-refractivity contribution in [1.29, 1.82) is 0 Å². The fourth-order valence-electron chi connectivity index (χ4n) is 11.3. The van der Waals surface area contributed by atoms with Gasteiger partial charge in [-0.15, -0.1) is 0 Å². The van der Waals surface area contributed by atoms with Crippen LogP contribution in [0.4, 0.5) is 0 Å². The molecule has 14 heteroatoms. The molecular formula is C68H74O14. The summed E-state index contributed by atoms with van der Waals surface area (Å²) >= 11 is 0. The highest BCUT2D eigenvalue weighted by Gasteiger charge is 2.60. The topological polar surface area (TPSA) is 137 Å². The highest BCUT2D eigenvalue weighted by atomic mass is 16.9. The number of carbonyl (C=O) groups excluding carboxylic acids is 1. The van der Waals surface area contributed by atoms with Crippen LogP contribution in [-0.4, -0.2) is 110 Å². The first-order chi connectivity index (χ1) is 40.0. The van der Waals surface area contributed by atoms with E-state index in [1.165, 1.54) is 0 Å². The summed E-state index contributed by atoms with van der Waals surface area (Å²) in [7, 11) is 0. The van der Waals surface area contributed by atoms with Crippen molar-refractivity contribution < 1.29 is 66.4 Å². The molecule has 5 aliphatic rings. The van der Waals surface area contributed by atoms with Crippen molar-refractivity contribution in [3.8, 4) is 0 Å². The van der Waals surface area contributed by atoms with Crippen LogP contribution in [0.2, 0.25) is 0 Å². The van der Waals surface area contributed by atoms with Gasteiger partial charge in [-0.25, -0.2) is 0 Å². The Hall–Kier alpha value is -6.05. The van der Waals surface area contributed by atoms with Crippen molar-refractivity contribution in [1.82, 2.24) is 0 Å². The van der Waals surface area contributed by atoms with Gasteiger partial charge in [0.1, 0.15) is 85.5 Å². The van der Waals surface area contributed by atoms with E-state index in [2.05, 4.69) is 0 Å². The zero-order valence-corrected chi connectivity index (χ0v) is 46.8. The molecule has 0 aliphatic carbocycles. The van der Waals surface area contributed by atoms with Crippen molar-refractivity contribution in [2.75, 3.05) is 0 Å². The Bertz CT molecular complexity index is 2950.